The predicted octanol–water partition coefficient (Wildman–Crippen LogP) is 3.51. The number of hydrogen-bond acceptors (Lipinski definition) is 1. The fourth-order valence-corrected chi connectivity index (χ4v) is 0.728. The second-order valence-electron chi connectivity index (χ2n) is 2.38. The van der Waals surface area contributed by atoms with E-state index < -0.39 is 0 Å². The molecule has 2 heteroatoms. The van der Waals surface area contributed by atoms with Crippen LogP contribution >= 0.6 is 11.6 Å². The minimum Gasteiger partial charge on any atom is -0.266 e. The van der Waals surface area contributed by atoms with E-state index in [4.69, 9.17) is 11.6 Å². The second-order valence-corrected chi connectivity index (χ2v) is 2.86. The summed E-state index contributed by atoms with van der Waals surface area (Å²) in [5, 5.41) is 0.512. The van der Waals surface area contributed by atoms with Crippen molar-refractivity contribution in [1.29, 1.82) is 0 Å². The first-order chi connectivity index (χ1) is 5.16. The highest BCUT2D eigenvalue weighted by atomic mass is 35.5. The second kappa shape index (κ2) is 6.17. The summed E-state index contributed by atoms with van der Waals surface area (Å²) >= 11 is 5.49. The van der Waals surface area contributed by atoms with Gasteiger partial charge in [0.1, 0.15) is 0 Å². The first-order valence-corrected chi connectivity index (χ1v) is 4.08. The zero-order chi connectivity index (χ0) is 8.69. The van der Waals surface area contributed by atoms with E-state index in [9.17, 15) is 0 Å². The highest BCUT2D eigenvalue weighted by molar-refractivity contribution is 6.30. The van der Waals surface area contributed by atoms with E-state index in [0.717, 1.165) is 18.6 Å². The van der Waals surface area contributed by atoms with Crippen LogP contribution in [0.4, 0.5) is 0 Å². The van der Waals surface area contributed by atoms with Gasteiger partial charge in [-0.3, -0.25) is 4.99 Å². The fourth-order valence-electron chi connectivity index (χ4n) is 0.672. The third kappa shape index (κ3) is 7.34. The molecule has 0 aliphatic rings. The highest BCUT2D eigenvalue weighted by Gasteiger charge is 1.84. The third-order valence-corrected chi connectivity index (χ3v) is 1.29. The molecule has 1 nitrogen and oxygen atoms in total. The van der Waals surface area contributed by atoms with Gasteiger partial charge in [-0.15, -0.1) is 0 Å². The van der Waals surface area contributed by atoms with Crippen molar-refractivity contribution < 1.29 is 0 Å². The first kappa shape index (κ1) is 10.4. The lowest BCUT2D eigenvalue weighted by Gasteiger charge is -1.91. The van der Waals surface area contributed by atoms with Crippen molar-refractivity contribution in [1.82, 2.24) is 0 Å². The Labute approximate surface area is 73.5 Å². The van der Waals surface area contributed by atoms with Gasteiger partial charge in [-0.1, -0.05) is 31.5 Å². The summed E-state index contributed by atoms with van der Waals surface area (Å²) in [4.78, 5) is 4.14. The average molecular weight is 172 g/mol. The van der Waals surface area contributed by atoms with E-state index in [0.29, 0.717) is 5.03 Å². The third-order valence-electron chi connectivity index (χ3n) is 1.16. The molecule has 0 atom stereocenters. The van der Waals surface area contributed by atoms with Crippen molar-refractivity contribution in [2.45, 2.75) is 26.7 Å². The smallest absolute Gasteiger partial charge is 0.0349 e. The van der Waals surface area contributed by atoms with E-state index >= 15 is 0 Å². The van der Waals surface area contributed by atoms with Crippen LogP contribution in [0.5, 0.6) is 0 Å². The number of halogens is 1. The Morgan fingerprint density at radius 1 is 1.64 bits per heavy atom. The van der Waals surface area contributed by atoms with E-state index in [1.165, 1.54) is 0 Å². The molecular weight excluding hydrogens is 158 g/mol. The summed E-state index contributed by atoms with van der Waals surface area (Å²) in [5.74, 6) is 0. The quantitative estimate of drug-likeness (QED) is 0.454. The summed E-state index contributed by atoms with van der Waals surface area (Å²) in [6, 6.07) is 0. The molecule has 0 fully saturated rings. The molecule has 0 rings (SSSR count). The molecule has 0 aromatic heterocycles. The summed E-state index contributed by atoms with van der Waals surface area (Å²) in [7, 11) is 0. The van der Waals surface area contributed by atoms with Crippen molar-refractivity contribution in [3.05, 3.63) is 23.9 Å². The molecule has 0 amide bonds. The van der Waals surface area contributed by atoms with Crippen molar-refractivity contribution >= 4 is 17.3 Å². The molecule has 0 radical (unpaired) electrons. The van der Waals surface area contributed by atoms with Gasteiger partial charge in [-0.2, -0.15) is 0 Å². The van der Waals surface area contributed by atoms with E-state index in [1.54, 1.807) is 12.3 Å². The predicted molar refractivity (Wildman–Crippen MR) is 52.2 cm³/mol. The number of rotatable bonds is 4. The molecular formula is C9H14ClN. The number of nitrogens with zero attached hydrogens (tertiary/aromatic N) is 1. The zero-order valence-corrected chi connectivity index (χ0v) is 7.86. The van der Waals surface area contributed by atoms with Crippen LogP contribution in [-0.2, 0) is 0 Å². The largest absolute Gasteiger partial charge is 0.266 e. The van der Waals surface area contributed by atoms with Gasteiger partial charge < -0.3 is 0 Å². The number of hydrogen-bond donors (Lipinski definition) is 0. The number of aliphatic imine (C=N–C) groups is 1. The Balaban J connectivity index is 3.80. The molecule has 0 aliphatic heterocycles. The molecule has 0 bridgehead atoms. The molecule has 0 saturated heterocycles. The normalized spacial score (nSPS) is 12.5. The minimum absolute atomic E-state index is 0.512. The van der Waals surface area contributed by atoms with Crippen molar-refractivity contribution in [2.24, 2.45) is 4.99 Å². The fraction of sp³-hybridized carbons (Fsp3) is 0.444. The maximum atomic E-state index is 5.49. The maximum Gasteiger partial charge on any atom is 0.0349 e. The van der Waals surface area contributed by atoms with Crippen molar-refractivity contribution in [3.63, 3.8) is 0 Å². The van der Waals surface area contributed by atoms with Crippen LogP contribution in [0.25, 0.3) is 0 Å². The highest BCUT2D eigenvalue weighted by Crippen LogP contribution is 1.98. The molecule has 0 aromatic carbocycles. The van der Waals surface area contributed by atoms with Gasteiger partial charge in [0.2, 0.25) is 0 Å². The molecule has 11 heavy (non-hydrogen) atoms. The van der Waals surface area contributed by atoms with E-state index in [1.807, 2.05) is 6.92 Å². The molecule has 0 aliphatic carbocycles. The van der Waals surface area contributed by atoms with Gasteiger partial charge in [0.15, 0.2) is 0 Å². The van der Waals surface area contributed by atoms with Crippen LogP contribution in [0.3, 0.4) is 0 Å². The molecule has 0 spiro atoms. The average Bonchev–Trinajstić information content (AvgIpc) is 1.87. The summed E-state index contributed by atoms with van der Waals surface area (Å²) in [6.07, 6.45) is 5.53. The first-order valence-electron chi connectivity index (χ1n) is 3.71. The topological polar surface area (TPSA) is 12.4 Å². The molecule has 0 heterocycles. The summed E-state index contributed by atoms with van der Waals surface area (Å²) in [5.41, 5.74) is 1.13. The molecule has 0 saturated carbocycles. The molecule has 0 N–H and O–H groups in total. The molecule has 0 unspecified atom stereocenters. The lowest BCUT2D eigenvalue weighted by molar-refractivity contribution is 0.987. The zero-order valence-electron chi connectivity index (χ0n) is 7.10. The van der Waals surface area contributed by atoms with Gasteiger partial charge in [-0.05, 0) is 19.4 Å². The lowest BCUT2D eigenvalue weighted by atomic mass is 10.2. The van der Waals surface area contributed by atoms with Crippen LogP contribution in [0.15, 0.2) is 28.9 Å². The minimum atomic E-state index is 0.512. The standard InChI is InChI=1S/C9H14ClN/c1-4-5-9(3)11-7-6-8(2)10/h6-7H,2,4-5H2,1,3H3/b7-6-,11-9?. The van der Waals surface area contributed by atoms with Crippen LogP contribution in [-0.4, -0.2) is 5.71 Å². The maximum absolute atomic E-state index is 5.49. The van der Waals surface area contributed by atoms with Gasteiger partial charge in [0.25, 0.3) is 0 Å². The van der Waals surface area contributed by atoms with Crippen LogP contribution in [0, 0.1) is 0 Å². The van der Waals surface area contributed by atoms with Gasteiger partial charge in [0, 0.05) is 16.9 Å². The Bertz CT molecular complexity index is 180. The Kier molecular flexibility index (Phi) is 5.86. The summed E-state index contributed by atoms with van der Waals surface area (Å²) < 4.78 is 0. The SMILES string of the molecule is C=C(Cl)/C=C\N=C(C)CCC. The summed E-state index contributed by atoms with van der Waals surface area (Å²) in [6.45, 7) is 7.64. The van der Waals surface area contributed by atoms with Crippen LogP contribution in [0.1, 0.15) is 26.7 Å². The van der Waals surface area contributed by atoms with Gasteiger partial charge >= 0.3 is 0 Å². The van der Waals surface area contributed by atoms with Gasteiger partial charge in [0.05, 0.1) is 0 Å². The monoisotopic (exact) mass is 171 g/mol. The van der Waals surface area contributed by atoms with Gasteiger partial charge in [-0.25, -0.2) is 0 Å². The van der Waals surface area contributed by atoms with Crippen molar-refractivity contribution in [2.75, 3.05) is 0 Å². The molecule has 62 valence electrons. The van der Waals surface area contributed by atoms with Crippen LogP contribution in [0.2, 0.25) is 0 Å². The Morgan fingerprint density at radius 2 is 2.27 bits per heavy atom. The van der Waals surface area contributed by atoms with E-state index in [-0.39, 0.29) is 0 Å². The van der Waals surface area contributed by atoms with Crippen LogP contribution < -0.4 is 0 Å². The van der Waals surface area contributed by atoms with E-state index in [2.05, 4.69) is 18.5 Å². The Morgan fingerprint density at radius 3 is 2.73 bits per heavy atom. The number of allylic oxidation sites excluding steroid dienone is 2. The Hall–Kier alpha value is -0.560. The lowest BCUT2D eigenvalue weighted by Crippen LogP contribution is -1.86. The molecule has 0 aromatic rings. The van der Waals surface area contributed by atoms with Crippen molar-refractivity contribution in [3.8, 4) is 0 Å².